The first-order valence-electron chi connectivity index (χ1n) is 7.61. The molecule has 1 amide bonds. The number of hydrogen-bond donors (Lipinski definition) is 0. The molecule has 2 aliphatic rings. The lowest BCUT2D eigenvalue weighted by Gasteiger charge is -2.48. The van der Waals surface area contributed by atoms with E-state index in [0.29, 0.717) is 0 Å². The molecule has 1 atom stereocenters. The molecule has 0 radical (unpaired) electrons. The summed E-state index contributed by atoms with van der Waals surface area (Å²) in [6.45, 7) is 13.1. The summed E-state index contributed by atoms with van der Waals surface area (Å²) >= 11 is 0. The molecule has 0 aliphatic carbocycles. The summed E-state index contributed by atoms with van der Waals surface area (Å²) < 4.78 is 10.9. The van der Waals surface area contributed by atoms with Crippen molar-refractivity contribution in [1.29, 1.82) is 0 Å². The van der Waals surface area contributed by atoms with Gasteiger partial charge in [0, 0.05) is 31.7 Å². The van der Waals surface area contributed by atoms with Crippen LogP contribution in [0.3, 0.4) is 0 Å². The number of piperidine rings is 1. The molecule has 0 saturated carbocycles. The Kier molecular flexibility index (Phi) is 4.59. The first-order chi connectivity index (χ1) is 9.30. The molecule has 0 aromatic rings. The number of morpholine rings is 1. The van der Waals surface area contributed by atoms with Crippen LogP contribution in [0.5, 0.6) is 0 Å². The van der Waals surface area contributed by atoms with Gasteiger partial charge in [0.1, 0.15) is 5.60 Å². The Morgan fingerprint density at radius 3 is 2.45 bits per heavy atom. The molecule has 5 nitrogen and oxygen atoms in total. The van der Waals surface area contributed by atoms with Crippen LogP contribution >= 0.6 is 0 Å². The van der Waals surface area contributed by atoms with E-state index in [2.05, 4.69) is 11.8 Å². The lowest BCUT2D eigenvalue weighted by molar-refractivity contribution is -0.0493. The van der Waals surface area contributed by atoms with Crippen molar-refractivity contribution in [3.8, 4) is 0 Å². The van der Waals surface area contributed by atoms with E-state index in [-0.39, 0.29) is 11.6 Å². The first-order valence-corrected chi connectivity index (χ1v) is 7.61. The highest BCUT2D eigenvalue weighted by molar-refractivity contribution is 5.68. The fraction of sp³-hybridized carbons (Fsp3) is 0.933. The average molecular weight is 284 g/mol. The molecule has 116 valence electrons. The van der Waals surface area contributed by atoms with Crippen molar-refractivity contribution >= 4 is 6.09 Å². The van der Waals surface area contributed by atoms with Crippen LogP contribution in [0.4, 0.5) is 4.79 Å². The van der Waals surface area contributed by atoms with Crippen molar-refractivity contribution in [2.45, 2.75) is 51.7 Å². The van der Waals surface area contributed by atoms with Gasteiger partial charge >= 0.3 is 6.09 Å². The van der Waals surface area contributed by atoms with E-state index in [4.69, 9.17) is 9.47 Å². The van der Waals surface area contributed by atoms with Crippen LogP contribution in [0.2, 0.25) is 0 Å². The Morgan fingerprint density at radius 1 is 1.20 bits per heavy atom. The number of amides is 1. The topological polar surface area (TPSA) is 42.0 Å². The monoisotopic (exact) mass is 284 g/mol. The van der Waals surface area contributed by atoms with Crippen LogP contribution in [0.15, 0.2) is 0 Å². The van der Waals surface area contributed by atoms with E-state index in [9.17, 15) is 4.79 Å². The van der Waals surface area contributed by atoms with Crippen molar-refractivity contribution in [3.05, 3.63) is 0 Å². The zero-order chi connectivity index (χ0) is 14.8. The number of nitrogens with zero attached hydrogens (tertiary/aromatic N) is 2. The fourth-order valence-corrected chi connectivity index (χ4v) is 3.06. The smallest absolute Gasteiger partial charge is 0.410 e. The second-order valence-electron chi connectivity index (χ2n) is 7.10. The van der Waals surface area contributed by atoms with Crippen molar-refractivity contribution in [3.63, 3.8) is 0 Å². The Labute approximate surface area is 122 Å². The molecule has 2 aliphatic heterocycles. The first kappa shape index (κ1) is 15.6. The van der Waals surface area contributed by atoms with Gasteiger partial charge in [0.15, 0.2) is 0 Å². The minimum absolute atomic E-state index is 0.0545. The average Bonchev–Trinajstić information content (AvgIpc) is 2.38. The van der Waals surface area contributed by atoms with Gasteiger partial charge < -0.3 is 14.4 Å². The highest BCUT2D eigenvalue weighted by Crippen LogP contribution is 2.29. The number of likely N-dealkylation sites (tertiary alicyclic amines) is 1. The fourth-order valence-electron chi connectivity index (χ4n) is 3.06. The van der Waals surface area contributed by atoms with Crippen LogP contribution < -0.4 is 0 Å². The predicted octanol–water partition coefficient (Wildman–Crippen LogP) is 2.11. The van der Waals surface area contributed by atoms with Crippen LogP contribution in [-0.2, 0) is 9.47 Å². The lowest BCUT2D eigenvalue weighted by Crippen LogP contribution is -2.60. The van der Waals surface area contributed by atoms with Crippen LogP contribution in [-0.4, -0.2) is 66.4 Å². The normalized spacial score (nSPS) is 29.3. The van der Waals surface area contributed by atoms with Gasteiger partial charge in [-0.3, -0.25) is 4.90 Å². The third-order valence-corrected chi connectivity index (χ3v) is 4.10. The minimum atomic E-state index is -0.427. The molecule has 1 unspecified atom stereocenters. The van der Waals surface area contributed by atoms with Gasteiger partial charge in [-0.25, -0.2) is 4.79 Å². The highest BCUT2D eigenvalue weighted by atomic mass is 16.6. The third-order valence-electron chi connectivity index (χ3n) is 4.10. The molecule has 20 heavy (non-hydrogen) atoms. The summed E-state index contributed by atoms with van der Waals surface area (Å²) in [6, 6.07) is 0. The van der Waals surface area contributed by atoms with E-state index in [1.54, 1.807) is 0 Å². The Morgan fingerprint density at radius 2 is 1.85 bits per heavy atom. The van der Waals surface area contributed by atoms with Crippen LogP contribution in [0.1, 0.15) is 40.5 Å². The Balaban J connectivity index is 1.98. The summed E-state index contributed by atoms with van der Waals surface area (Å²) in [5.74, 6) is 0. The summed E-state index contributed by atoms with van der Waals surface area (Å²) in [5.41, 5.74) is -0.372. The van der Waals surface area contributed by atoms with Gasteiger partial charge in [0.25, 0.3) is 0 Å². The molecule has 0 aromatic carbocycles. The van der Waals surface area contributed by atoms with Crippen molar-refractivity contribution in [2.24, 2.45) is 0 Å². The second kappa shape index (κ2) is 5.90. The molecular formula is C15H28N2O3. The number of carbonyl (C=O) groups is 1. The van der Waals surface area contributed by atoms with E-state index >= 15 is 0 Å². The van der Waals surface area contributed by atoms with Crippen molar-refractivity contribution in [2.75, 3.05) is 39.4 Å². The van der Waals surface area contributed by atoms with E-state index in [1.165, 1.54) is 0 Å². The van der Waals surface area contributed by atoms with E-state index in [0.717, 1.165) is 52.2 Å². The highest BCUT2D eigenvalue weighted by Gasteiger charge is 2.39. The van der Waals surface area contributed by atoms with Gasteiger partial charge in [-0.2, -0.15) is 0 Å². The van der Waals surface area contributed by atoms with Crippen LogP contribution in [0.25, 0.3) is 0 Å². The maximum Gasteiger partial charge on any atom is 0.410 e. The molecule has 0 aromatic heterocycles. The van der Waals surface area contributed by atoms with Gasteiger partial charge in [-0.1, -0.05) is 0 Å². The van der Waals surface area contributed by atoms with Gasteiger partial charge in [-0.05, 0) is 40.5 Å². The Bertz CT molecular complexity index is 348. The number of carbonyl (C=O) groups excluding carboxylic acids is 1. The Hall–Kier alpha value is -0.810. The second-order valence-corrected chi connectivity index (χ2v) is 7.10. The molecule has 0 spiro atoms. The third kappa shape index (κ3) is 3.85. The SMILES string of the molecule is CC(C)(C)OC(=O)N1CCCC(C)(N2CCOCC2)C1. The quantitative estimate of drug-likeness (QED) is 0.739. The maximum atomic E-state index is 12.2. The van der Waals surface area contributed by atoms with E-state index in [1.807, 2.05) is 25.7 Å². The van der Waals surface area contributed by atoms with Crippen molar-refractivity contribution < 1.29 is 14.3 Å². The predicted molar refractivity (Wildman–Crippen MR) is 77.8 cm³/mol. The zero-order valence-corrected chi connectivity index (χ0v) is 13.3. The molecule has 5 heteroatoms. The zero-order valence-electron chi connectivity index (χ0n) is 13.3. The maximum absolute atomic E-state index is 12.2. The molecular weight excluding hydrogens is 256 g/mol. The number of ether oxygens (including phenoxy) is 2. The minimum Gasteiger partial charge on any atom is -0.444 e. The molecule has 2 rings (SSSR count). The molecule has 2 heterocycles. The van der Waals surface area contributed by atoms with Gasteiger partial charge in [-0.15, -0.1) is 0 Å². The standard InChI is InChI=1S/C15H28N2O3/c1-14(2,3)20-13(18)16-7-5-6-15(4,12-16)17-8-10-19-11-9-17/h5-12H2,1-4H3. The summed E-state index contributed by atoms with van der Waals surface area (Å²) in [5, 5.41) is 0. The van der Waals surface area contributed by atoms with Crippen molar-refractivity contribution in [1.82, 2.24) is 9.80 Å². The number of hydrogen-bond acceptors (Lipinski definition) is 4. The molecule has 2 saturated heterocycles. The van der Waals surface area contributed by atoms with E-state index < -0.39 is 5.60 Å². The molecule has 2 fully saturated rings. The van der Waals surface area contributed by atoms with Crippen LogP contribution in [0, 0.1) is 0 Å². The van der Waals surface area contributed by atoms with Gasteiger partial charge in [0.2, 0.25) is 0 Å². The molecule has 0 N–H and O–H groups in total. The van der Waals surface area contributed by atoms with Gasteiger partial charge in [0.05, 0.1) is 13.2 Å². The summed E-state index contributed by atoms with van der Waals surface area (Å²) in [7, 11) is 0. The lowest BCUT2D eigenvalue weighted by atomic mass is 9.89. The summed E-state index contributed by atoms with van der Waals surface area (Å²) in [4.78, 5) is 16.6. The molecule has 0 bridgehead atoms. The summed E-state index contributed by atoms with van der Waals surface area (Å²) in [6.07, 6.45) is 1.98. The number of rotatable bonds is 1. The largest absolute Gasteiger partial charge is 0.444 e.